The summed E-state index contributed by atoms with van der Waals surface area (Å²) in [6.07, 6.45) is -0.0790. The molecule has 6 heteroatoms. The molecule has 2 aromatic rings. The monoisotopic (exact) mass is 373 g/mol. The Hall–Kier alpha value is -2.28. The third kappa shape index (κ3) is 5.13. The Labute approximate surface area is 160 Å². The van der Waals surface area contributed by atoms with E-state index in [9.17, 15) is 0 Å². The smallest absolute Gasteiger partial charge is 0.203 e. The van der Waals surface area contributed by atoms with Gasteiger partial charge in [-0.05, 0) is 17.7 Å². The lowest BCUT2D eigenvalue weighted by Crippen LogP contribution is -2.40. The predicted octanol–water partition coefficient (Wildman–Crippen LogP) is 2.83. The zero-order valence-corrected chi connectivity index (χ0v) is 15.9. The molecule has 0 spiro atoms. The van der Waals surface area contributed by atoms with Crippen molar-refractivity contribution in [3.05, 3.63) is 54.1 Å². The van der Waals surface area contributed by atoms with E-state index in [-0.39, 0.29) is 12.2 Å². The second-order valence-corrected chi connectivity index (χ2v) is 6.16. The maximum Gasteiger partial charge on any atom is 0.203 e. The van der Waals surface area contributed by atoms with Crippen molar-refractivity contribution in [1.29, 1.82) is 0 Å². The summed E-state index contributed by atoms with van der Waals surface area (Å²) in [4.78, 5) is 0. The standard InChI is InChI=1S/C21H27NO5/c1-23-17-9-6-10-18(24-2)21(17)26-12-11-22-15-19-20(27-14-13-25-19)16-7-4-3-5-8-16/h3-10,19-20,22H,11-15H2,1-2H3/t19-,20-/m1/s1. The van der Waals surface area contributed by atoms with Crippen molar-refractivity contribution in [3.8, 4) is 17.2 Å². The summed E-state index contributed by atoms with van der Waals surface area (Å²) in [6.45, 7) is 3.08. The molecule has 0 aromatic heterocycles. The molecule has 1 aliphatic heterocycles. The highest BCUT2D eigenvalue weighted by Crippen LogP contribution is 2.36. The van der Waals surface area contributed by atoms with Crippen molar-refractivity contribution in [3.63, 3.8) is 0 Å². The second kappa shape index (κ2) is 10.2. The van der Waals surface area contributed by atoms with E-state index in [1.54, 1.807) is 14.2 Å². The van der Waals surface area contributed by atoms with Gasteiger partial charge in [-0.15, -0.1) is 0 Å². The summed E-state index contributed by atoms with van der Waals surface area (Å²) in [5.41, 5.74) is 1.14. The molecule has 0 radical (unpaired) electrons. The molecule has 0 unspecified atom stereocenters. The van der Waals surface area contributed by atoms with Crippen molar-refractivity contribution in [1.82, 2.24) is 5.32 Å². The summed E-state index contributed by atoms with van der Waals surface area (Å²) < 4.78 is 28.4. The highest BCUT2D eigenvalue weighted by Gasteiger charge is 2.27. The number of hydrogen-bond donors (Lipinski definition) is 1. The maximum absolute atomic E-state index is 5.93. The summed E-state index contributed by atoms with van der Waals surface area (Å²) in [7, 11) is 3.23. The minimum atomic E-state index is -0.0531. The van der Waals surface area contributed by atoms with E-state index in [1.165, 1.54) is 0 Å². The number of benzene rings is 2. The van der Waals surface area contributed by atoms with Crippen molar-refractivity contribution < 1.29 is 23.7 Å². The highest BCUT2D eigenvalue weighted by atomic mass is 16.6. The molecule has 0 saturated carbocycles. The van der Waals surface area contributed by atoms with Gasteiger partial charge in [-0.25, -0.2) is 0 Å². The number of hydrogen-bond acceptors (Lipinski definition) is 6. The first-order valence-corrected chi connectivity index (χ1v) is 9.16. The van der Waals surface area contributed by atoms with E-state index in [2.05, 4.69) is 17.4 Å². The molecule has 3 rings (SSSR count). The Kier molecular flexibility index (Phi) is 7.33. The highest BCUT2D eigenvalue weighted by molar-refractivity contribution is 5.51. The van der Waals surface area contributed by atoms with E-state index in [0.717, 1.165) is 5.56 Å². The van der Waals surface area contributed by atoms with Gasteiger partial charge < -0.3 is 29.0 Å². The van der Waals surface area contributed by atoms with Gasteiger partial charge in [-0.2, -0.15) is 0 Å². The summed E-state index contributed by atoms with van der Waals surface area (Å²) >= 11 is 0. The first kappa shape index (κ1) is 19.5. The van der Waals surface area contributed by atoms with Gasteiger partial charge in [0.15, 0.2) is 11.5 Å². The van der Waals surface area contributed by atoms with Gasteiger partial charge in [0.2, 0.25) is 5.75 Å². The number of methoxy groups -OCH3 is 2. The fraction of sp³-hybridized carbons (Fsp3) is 0.429. The quantitative estimate of drug-likeness (QED) is 0.682. The molecule has 1 fully saturated rings. The first-order chi connectivity index (χ1) is 13.3. The Morgan fingerprint density at radius 3 is 2.33 bits per heavy atom. The maximum atomic E-state index is 5.93. The number of ether oxygens (including phenoxy) is 5. The first-order valence-electron chi connectivity index (χ1n) is 9.16. The van der Waals surface area contributed by atoms with Crippen LogP contribution in [0.15, 0.2) is 48.5 Å². The molecule has 6 nitrogen and oxygen atoms in total. The third-order valence-corrected chi connectivity index (χ3v) is 4.43. The number of rotatable bonds is 9. The molecule has 27 heavy (non-hydrogen) atoms. The lowest BCUT2D eigenvalue weighted by molar-refractivity contribution is -0.140. The van der Waals surface area contributed by atoms with E-state index in [4.69, 9.17) is 23.7 Å². The van der Waals surface area contributed by atoms with Crippen molar-refractivity contribution in [2.45, 2.75) is 12.2 Å². The van der Waals surface area contributed by atoms with Crippen LogP contribution >= 0.6 is 0 Å². The minimum Gasteiger partial charge on any atom is -0.493 e. The molecule has 0 amide bonds. The average molecular weight is 373 g/mol. The molecule has 1 saturated heterocycles. The number of nitrogens with one attached hydrogen (secondary N) is 1. The summed E-state index contributed by atoms with van der Waals surface area (Å²) in [5, 5.41) is 3.39. The molecule has 1 N–H and O–H groups in total. The molecule has 2 aromatic carbocycles. The van der Waals surface area contributed by atoms with E-state index in [0.29, 0.717) is 50.2 Å². The Balaban J connectivity index is 1.48. The zero-order chi connectivity index (χ0) is 18.9. The summed E-state index contributed by atoms with van der Waals surface area (Å²) in [6, 6.07) is 15.8. The van der Waals surface area contributed by atoms with Gasteiger partial charge in [0.05, 0.1) is 27.4 Å². The Morgan fingerprint density at radius 1 is 0.926 bits per heavy atom. The van der Waals surface area contributed by atoms with Gasteiger partial charge >= 0.3 is 0 Å². The van der Waals surface area contributed by atoms with Gasteiger partial charge in [-0.1, -0.05) is 36.4 Å². The van der Waals surface area contributed by atoms with Crippen molar-refractivity contribution in [2.75, 3.05) is 47.1 Å². The van der Waals surface area contributed by atoms with E-state index >= 15 is 0 Å². The molecular formula is C21H27NO5. The van der Waals surface area contributed by atoms with E-state index < -0.39 is 0 Å². The van der Waals surface area contributed by atoms with Crippen LogP contribution < -0.4 is 19.5 Å². The zero-order valence-electron chi connectivity index (χ0n) is 15.9. The van der Waals surface area contributed by atoms with Crippen LogP contribution in [-0.4, -0.2) is 53.2 Å². The summed E-state index contributed by atoms with van der Waals surface area (Å²) in [5.74, 6) is 1.92. The van der Waals surface area contributed by atoms with Crippen LogP contribution in [0.3, 0.4) is 0 Å². The molecule has 146 valence electrons. The lowest BCUT2D eigenvalue weighted by atomic mass is 10.0. The van der Waals surface area contributed by atoms with Gasteiger partial charge in [-0.3, -0.25) is 0 Å². The normalized spacial score (nSPS) is 19.5. The Bertz CT molecular complexity index is 672. The molecule has 1 heterocycles. The van der Waals surface area contributed by atoms with Crippen LogP contribution in [0.25, 0.3) is 0 Å². The molecular weight excluding hydrogens is 346 g/mol. The largest absolute Gasteiger partial charge is 0.493 e. The van der Waals surface area contributed by atoms with Crippen LogP contribution in [0.4, 0.5) is 0 Å². The van der Waals surface area contributed by atoms with Gasteiger partial charge in [0.1, 0.15) is 18.8 Å². The number of para-hydroxylation sites is 1. The SMILES string of the molecule is COc1cccc(OC)c1OCCNC[C@H]1OCCO[C@@H]1c1ccccc1. The van der Waals surface area contributed by atoms with Crippen LogP contribution in [0.5, 0.6) is 17.2 Å². The van der Waals surface area contributed by atoms with Gasteiger partial charge in [0.25, 0.3) is 0 Å². The lowest BCUT2D eigenvalue weighted by Gasteiger charge is -2.32. The predicted molar refractivity (Wildman–Crippen MR) is 103 cm³/mol. The van der Waals surface area contributed by atoms with Crippen LogP contribution in [0, 0.1) is 0 Å². The fourth-order valence-corrected chi connectivity index (χ4v) is 3.12. The molecule has 1 aliphatic rings. The van der Waals surface area contributed by atoms with Crippen LogP contribution in [0.1, 0.15) is 11.7 Å². The minimum absolute atomic E-state index is 0.0260. The Morgan fingerprint density at radius 2 is 1.63 bits per heavy atom. The van der Waals surface area contributed by atoms with Crippen molar-refractivity contribution >= 4 is 0 Å². The molecule has 0 bridgehead atoms. The average Bonchev–Trinajstić information content (AvgIpc) is 2.74. The fourth-order valence-electron chi connectivity index (χ4n) is 3.12. The van der Waals surface area contributed by atoms with Crippen LogP contribution in [0.2, 0.25) is 0 Å². The van der Waals surface area contributed by atoms with Crippen molar-refractivity contribution in [2.24, 2.45) is 0 Å². The van der Waals surface area contributed by atoms with E-state index in [1.807, 2.05) is 36.4 Å². The molecule has 0 aliphatic carbocycles. The van der Waals surface area contributed by atoms with Crippen LogP contribution in [-0.2, 0) is 9.47 Å². The van der Waals surface area contributed by atoms with Gasteiger partial charge in [0, 0.05) is 13.1 Å². The molecule has 2 atom stereocenters. The topological polar surface area (TPSA) is 58.2 Å². The second-order valence-electron chi connectivity index (χ2n) is 6.16. The third-order valence-electron chi connectivity index (χ3n) is 4.43.